The first-order valence-corrected chi connectivity index (χ1v) is 7.26. The number of nitrogens with one attached hydrogen (secondary N) is 1. The average molecular weight is 352 g/mol. The van der Waals surface area contributed by atoms with Gasteiger partial charge < -0.3 is 5.32 Å². The van der Waals surface area contributed by atoms with Crippen LogP contribution in [0, 0.1) is 11.8 Å². The maximum Gasteiger partial charge on any atom is 0.0410 e. The molecule has 2 saturated heterocycles. The van der Waals surface area contributed by atoms with Gasteiger partial charge in [-0.2, -0.15) is 0 Å². The number of nitrogens with zero attached hydrogens (tertiary/aromatic N) is 1. The van der Waals surface area contributed by atoms with Crippen LogP contribution in [0.5, 0.6) is 0 Å². The molecule has 18 heavy (non-hydrogen) atoms. The van der Waals surface area contributed by atoms with E-state index in [-0.39, 0.29) is 12.4 Å². The van der Waals surface area contributed by atoms with E-state index in [4.69, 9.17) is 11.6 Å². The number of benzene rings is 1. The van der Waals surface area contributed by atoms with Gasteiger partial charge in [-0.15, -0.1) is 12.4 Å². The van der Waals surface area contributed by atoms with Crippen LogP contribution in [0.2, 0.25) is 5.02 Å². The largest absolute Gasteiger partial charge is 0.316 e. The first-order valence-electron chi connectivity index (χ1n) is 6.09. The zero-order chi connectivity index (χ0) is 11.8. The van der Waals surface area contributed by atoms with Crippen LogP contribution < -0.4 is 5.32 Å². The maximum atomic E-state index is 6.05. The summed E-state index contributed by atoms with van der Waals surface area (Å²) in [6.07, 6.45) is 0. The van der Waals surface area contributed by atoms with Crippen molar-refractivity contribution in [1.29, 1.82) is 0 Å². The fraction of sp³-hybridized carbons (Fsp3) is 0.538. The zero-order valence-electron chi connectivity index (χ0n) is 10.0. The first-order chi connectivity index (χ1) is 8.22. The molecule has 0 radical (unpaired) electrons. The summed E-state index contributed by atoms with van der Waals surface area (Å²) in [6.45, 7) is 5.83. The van der Waals surface area contributed by atoms with Gasteiger partial charge >= 0.3 is 0 Å². The van der Waals surface area contributed by atoms with Gasteiger partial charge in [0.2, 0.25) is 0 Å². The molecule has 2 aliphatic heterocycles. The Balaban J connectivity index is 0.00000120. The quantitative estimate of drug-likeness (QED) is 0.880. The summed E-state index contributed by atoms with van der Waals surface area (Å²) in [4.78, 5) is 2.55. The van der Waals surface area contributed by atoms with Crippen LogP contribution in [-0.4, -0.2) is 31.1 Å². The van der Waals surface area contributed by atoms with E-state index in [1.165, 1.54) is 31.7 Å². The summed E-state index contributed by atoms with van der Waals surface area (Å²) >= 11 is 9.65. The third-order valence-corrected chi connectivity index (χ3v) is 4.88. The fourth-order valence-corrected chi connectivity index (χ4v) is 3.55. The monoisotopic (exact) mass is 350 g/mol. The minimum Gasteiger partial charge on any atom is -0.316 e. The number of fused-ring (bicyclic) bond motifs is 1. The molecular formula is C13H17BrCl2N2. The molecule has 1 N–H and O–H groups in total. The van der Waals surface area contributed by atoms with Crippen LogP contribution in [0.15, 0.2) is 22.7 Å². The number of likely N-dealkylation sites (tertiary alicyclic amines) is 1. The zero-order valence-corrected chi connectivity index (χ0v) is 13.2. The maximum absolute atomic E-state index is 6.05. The Labute approximate surface area is 128 Å². The normalized spacial score (nSPS) is 27.0. The number of hydrogen-bond donors (Lipinski definition) is 1. The Morgan fingerprint density at radius 3 is 2.61 bits per heavy atom. The molecule has 2 aliphatic rings. The summed E-state index contributed by atoms with van der Waals surface area (Å²) < 4.78 is 1.16. The molecule has 100 valence electrons. The Morgan fingerprint density at radius 2 is 1.94 bits per heavy atom. The average Bonchev–Trinajstić information content (AvgIpc) is 2.83. The molecule has 2 fully saturated rings. The Bertz CT molecular complexity index is 415. The standard InChI is InChI=1S/C13H16BrClN2.ClH/c14-13-2-1-12(15)3-9(13)6-17-7-10-4-16-5-11(10)8-17;/h1-3,10-11,16H,4-8H2;1H/t10-,11+;. The lowest BCUT2D eigenvalue weighted by molar-refractivity contribution is 0.305. The van der Waals surface area contributed by atoms with Gasteiger partial charge in [-0.1, -0.05) is 27.5 Å². The van der Waals surface area contributed by atoms with E-state index in [0.717, 1.165) is 27.9 Å². The molecule has 1 aromatic rings. The molecule has 0 aliphatic carbocycles. The molecule has 0 bridgehead atoms. The second-order valence-corrected chi connectivity index (χ2v) is 6.40. The molecule has 2 atom stereocenters. The van der Waals surface area contributed by atoms with E-state index >= 15 is 0 Å². The van der Waals surface area contributed by atoms with Crippen molar-refractivity contribution in [2.45, 2.75) is 6.54 Å². The number of rotatable bonds is 2. The third kappa shape index (κ3) is 3.02. The van der Waals surface area contributed by atoms with Crippen LogP contribution in [0.3, 0.4) is 0 Å². The highest BCUT2D eigenvalue weighted by molar-refractivity contribution is 9.10. The van der Waals surface area contributed by atoms with Crippen molar-refractivity contribution in [2.24, 2.45) is 11.8 Å². The number of halogens is 3. The van der Waals surface area contributed by atoms with E-state index in [1.807, 2.05) is 12.1 Å². The van der Waals surface area contributed by atoms with Crippen molar-refractivity contribution in [2.75, 3.05) is 26.2 Å². The van der Waals surface area contributed by atoms with Gasteiger partial charge in [0.05, 0.1) is 0 Å². The lowest BCUT2D eigenvalue weighted by Gasteiger charge is -2.18. The molecule has 5 heteroatoms. The summed E-state index contributed by atoms with van der Waals surface area (Å²) in [5.41, 5.74) is 1.30. The number of hydrogen-bond acceptors (Lipinski definition) is 2. The molecular weight excluding hydrogens is 335 g/mol. The van der Waals surface area contributed by atoms with Crippen molar-refractivity contribution in [3.63, 3.8) is 0 Å². The summed E-state index contributed by atoms with van der Waals surface area (Å²) in [5.74, 6) is 1.71. The van der Waals surface area contributed by atoms with Crippen molar-refractivity contribution in [3.8, 4) is 0 Å². The second kappa shape index (κ2) is 6.10. The van der Waals surface area contributed by atoms with Crippen molar-refractivity contribution >= 4 is 39.9 Å². The van der Waals surface area contributed by atoms with Gasteiger partial charge in [-0.05, 0) is 48.7 Å². The molecule has 0 unspecified atom stereocenters. The molecule has 0 aromatic heterocycles. The van der Waals surface area contributed by atoms with Crippen LogP contribution in [-0.2, 0) is 6.54 Å². The molecule has 2 heterocycles. The van der Waals surface area contributed by atoms with E-state index < -0.39 is 0 Å². The second-order valence-electron chi connectivity index (χ2n) is 5.11. The molecule has 0 spiro atoms. The summed E-state index contributed by atoms with van der Waals surface area (Å²) in [5, 5.41) is 4.30. The van der Waals surface area contributed by atoms with Gasteiger partial charge in [0, 0.05) is 29.1 Å². The van der Waals surface area contributed by atoms with Crippen LogP contribution >= 0.6 is 39.9 Å². The van der Waals surface area contributed by atoms with E-state index in [1.54, 1.807) is 0 Å². The van der Waals surface area contributed by atoms with Crippen molar-refractivity contribution in [3.05, 3.63) is 33.3 Å². The Kier molecular flexibility index (Phi) is 4.95. The molecule has 3 rings (SSSR count). The molecule has 2 nitrogen and oxygen atoms in total. The minimum atomic E-state index is 0. The SMILES string of the molecule is Cl.Clc1ccc(Br)c(CN2C[C@H]3CNC[C@H]3C2)c1. The van der Waals surface area contributed by atoms with E-state index in [9.17, 15) is 0 Å². The minimum absolute atomic E-state index is 0. The Morgan fingerprint density at radius 1 is 1.28 bits per heavy atom. The molecule has 0 amide bonds. The van der Waals surface area contributed by atoms with E-state index in [2.05, 4.69) is 32.2 Å². The first kappa shape index (κ1) is 14.6. The van der Waals surface area contributed by atoms with Gasteiger partial charge in [-0.3, -0.25) is 4.90 Å². The molecule has 1 aromatic carbocycles. The van der Waals surface area contributed by atoms with Crippen LogP contribution in [0.1, 0.15) is 5.56 Å². The van der Waals surface area contributed by atoms with Gasteiger partial charge in [0.15, 0.2) is 0 Å². The van der Waals surface area contributed by atoms with Crippen molar-refractivity contribution < 1.29 is 0 Å². The summed E-state index contributed by atoms with van der Waals surface area (Å²) in [6, 6.07) is 6.03. The summed E-state index contributed by atoms with van der Waals surface area (Å²) in [7, 11) is 0. The predicted octanol–water partition coefficient (Wildman–Crippen LogP) is 3.18. The van der Waals surface area contributed by atoms with Gasteiger partial charge in [0.1, 0.15) is 0 Å². The van der Waals surface area contributed by atoms with Gasteiger partial charge in [-0.25, -0.2) is 0 Å². The van der Waals surface area contributed by atoms with Crippen LogP contribution in [0.4, 0.5) is 0 Å². The van der Waals surface area contributed by atoms with E-state index in [0.29, 0.717) is 0 Å². The highest BCUT2D eigenvalue weighted by atomic mass is 79.9. The third-order valence-electron chi connectivity index (χ3n) is 3.87. The molecule has 0 saturated carbocycles. The fourth-order valence-electron chi connectivity index (χ4n) is 2.99. The topological polar surface area (TPSA) is 15.3 Å². The smallest absolute Gasteiger partial charge is 0.0410 e. The van der Waals surface area contributed by atoms with Crippen molar-refractivity contribution in [1.82, 2.24) is 10.2 Å². The predicted molar refractivity (Wildman–Crippen MR) is 81.5 cm³/mol. The highest BCUT2D eigenvalue weighted by Gasteiger charge is 2.35. The Hall–Kier alpha value is 0.200. The van der Waals surface area contributed by atoms with Gasteiger partial charge in [0.25, 0.3) is 0 Å². The highest BCUT2D eigenvalue weighted by Crippen LogP contribution is 2.29. The lowest BCUT2D eigenvalue weighted by Crippen LogP contribution is -2.25. The van der Waals surface area contributed by atoms with Crippen LogP contribution in [0.25, 0.3) is 0 Å². The lowest BCUT2D eigenvalue weighted by atomic mass is 10.0.